The predicted octanol–water partition coefficient (Wildman–Crippen LogP) is 2.42. The second kappa shape index (κ2) is 10.2. The van der Waals surface area contributed by atoms with E-state index in [4.69, 9.17) is 24.1 Å². The van der Waals surface area contributed by atoms with Gasteiger partial charge in [-0.05, 0) is 23.8 Å². The van der Waals surface area contributed by atoms with Crippen molar-refractivity contribution in [2.75, 3.05) is 28.4 Å². The van der Waals surface area contributed by atoms with Crippen molar-refractivity contribution in [1.82, 2.24) is 0 Å². The van der Waals surface area contributed by atoms with Crippen LogP contribution < -0.4 is 18.9 Å². The molecule has 0 saturated carbocycles. The minimum atomic E-state index is -3.77. The van der Waals surface area contributed by atoms with Gasteiger partial charge in [-0.3, -0.25) is 0 Å². The molecule has 10 heteroatoms. The van der Waals surface area contributed by atoms with Crippen LogP contribution in [0.4, 0.5) is 0 Å². The molecule has 0 aliphatic rings. The maximum Gasteiger partial charge on any atom is 0.337 e. The lowest BCUT2D eigenvalue weighted by Crippen LogP contribution is -2.12. The van der Waals surface area contributed by atoms with Crippen LogP contribution in [0.25, 0.3) is 6.08 Å². The van der Waals surface area contributed by atoms with Crippen LogP contribution >= 0.6 is 0 Å². The van der Waals surface area contributed by atoms with E-state index in [1.165, 1.54) is 52.7 Å². The molecule has 0 aliphatic heterocycles. The van der Waals surface area contributed by atoms with Crippen molar-refractivity contribution < 1.29 is 42.4 Å². The van der Waals surface area contributed by atoms with Crippen LogP contribution in [0.5, 0.6) is 23.0 Å². The highest BCUT2D eigenvalue weighted by Gasteiger charge is 2.22. The van der Waals surface area contributed by atoms with Gasteiger partial charge in [-0.1, -0.05) is 6.07 Å². The molecule has 31 heavy (non-hydrogen) atoms. The number of sulfone groups is 1. The van der Waals surface area contributed by atoms with E-state index in [0.717, 1.165) is 5.41 Å². The van der Waals surface area contributed by atoms with Crippen molar-refractivity contribution >= 4 is 21.9 Å². The minimum absolute atomic E-state index is 0.0369. The zero-order valence-electron chi connectivity index (χ0n) is 17.5. The quantitative estimate of drug-likeness (QED) is 0.558. The summed E-state index contributed by atoms with van der Waals surface area (Å²) in [6, 6.07) is 7.37. The molecule has 0 aliphatic carbocycles. The maximum absolute atomic E-state index is 12.7. The topological polar surface area (TPSA) is 129 Å². The smallest absolute Gasteiger partial charge is 0.337 e. The number of rotatable bonds is 10. The number of carboxylic acids is 1. The number of aliphatic hydroxyl groups is 1. The van der Waals surface area contributed by atoms with E-state index in [1.807, 2.05) is 0 Å². The highest BCUT2D eigenvalue weighted by Crippen LogP contribution is 2.35. The third-order valence-electron chi connectivity index (χ3n) is 4.39. The Balaban J connectivity index is 2.37. The number of aliphatic carboxylic acids is 1. The van der Waals surface area contributed by atoms with Crippen LogP contribution in [0.15, 0.2) is 35.7 Å². The molecule has 168 valence electrons. The zero-order valence-corrected chi connectivity index (χ0v) is 18.3. The molecule has 2 aromatic carbocycles. The summed E-state index contributed by atoms with van der Waals surface area (Å²) in [4.78, 5) is 11.1. The van der Waals surface area contributed by atoms with Gasteiger partial charge in [0.25, 0.3) is 0 Å². The molecule has 0 spiro atoms. The Hall–Kier alpha value is -3.24. The molecule has 0 aromatic heterocycles. The third-order valence-corrected chi connectivity index (χ3v) is 5.67. The van der Waals surface area contributed by atoms with E-state index in [-0.39, 0.29) is 16.9 Å². The van der Waals surface area contributed by atoms with Crippen molar-refractivity contribution in [3.63, 3.8) is 0 Å². The van der Waals surface area contributed by atoms with Crippen molar-refractivity contribution in [2.45, 2.75) is 11.9 Å². The van der Waals surface area contributed by atoms with Crippen molar-refractivity contribution in [1.29, 1.82) is 0 Å². The number of carbonyl (C=O) groups is 1. The summed E-state index contributed by atoms with van der Waals surface area (Å²) < 4.78 is 46.1. The average Bonchev–Trinajstić information content (AvgIpc) is 2.75. The lowest BCUT2D eigenvalue weighted by molar-refractivity contribution is -0.147. The summed E-state index contributed by atoms with van der Waals surface area (Å²) in [5, 5.41) is 19.9. The molecule has 2 rings (SSSR count). The minimum Gasteiger partial charge on any atom is -0.496 e. The molecule has 0 radical (unpaired) electrons. The molecule has 0 saturated heterocycles. The van der Waals surface area contributed by atoms with Gasteiger partial charge in [0, 0.05) is 23.1 Å². The van der Waals surface area contributed by atoms with E-state index < -0.39 is 27.7 Å². The predicted molar refractivity (Wildman–Crippen MR) is 113 cm³/mol. The average molecular weight is 452 g/mol. The zero-order chi connectivity index (χ0) is 23.2. The summed E-state index contributed by atoms with van der Waals surface area (Å²) in [6.07, 6.45) is -0.496. The summed E-state index contributed by atoms with van der Waals surface area (Å²) in [5.41, 5.74) is 0.658. The van der Waals surface area contributed by atoms with Crippen molar-refractivity contribution in [2.24, 2.45) is 0 Å². The lowest BCUT2D eigenvalue weighted by Gasteiger charge is -2.13. The van der Waals surface area contributed by atoms with Crippen LogP contribution in [-0.4, -0.2) is 53.0 Å². The highest BCUT2D eigenvalue weighted by molar-refractivity contribution is 7.93. The fourth-order valence-corrected chi connectivity index (χ4v) is 3.95. The molecule has 2 N–H and O–H groups in total. The number of hydrogen-bond donors (Lipinski definition) is 2. The molecule has 1 atom stereocenters. The van der Waals surface area contributed by atoms with Crippen LogP contribution in [0.1, 0.15) is 22.8 Å². The summed E-state index contributed by atoms with van der Waals surface area (Å²) in [5.74, 6) is -0.557. The number of methoxy groups -OCH3 is 4. The highest BCUT2D eigenvalue weighted by atomic mass is 32.2. The molecular formula is C21H24O9S. The molecular weight excluding hydrogens is 428 g/mol. The SMILES string of the molecule is COc1cc(OC)c(/C=C/S(=O)(=O)Cc2ccc(OC)c(C(O)C(=O)O)c2)c(OC)c1. The largest absolute Gasteiger partial charge is 0.496 e. The molecule has 9 nitrogen and oxygen atoms in total. The third kappa shape index (κ3) is 5.89. The van der Waals surface area contributed by atoms with Crippen molar-refractivity contribution in [3.8, 4) is 23.0 Å². The van der Waals surface area contributed by atoms with Gasteiger partial charge in [0.15, 0.2) is 15.9 Å². The molecule has 1 unspecified atom stereocenters. The van der Waals surface area contributed by atoms with E-state index in [1.54, 1.807) is 12.1 Å². The van der Waals surface area contributed by atoms with Gasteiger partial charge in [0.1, 0.15) is 23.0 Å². The van der Waals surface area contributed by atoms with E-state index in [2.05, 4.69) is 0 Å². The fourth-order valence-electron chi connectivity index (χ4n) is 2.87. The molecule has 0 bridgehead atoms. The fraction of sp³-hybridized carbons (Fsp3) is 0.286. The molecule has 0 fully saturated rings. The Labute approximate surface area is 180 Å². The van der Waals surface area contributed by atoms with Gasteiger partial charge in [0.05, 0.1) is 39.8 Å². The summed E-state index contributed by atoms with van der Waals surface area (Å²) in [7, 11) is 1.91. The summed E-state index contributed by atoms with van der Waals surface area (Å²) >= 11 is 0. The van der Waals surface area contributed by atoms with Gasteiger partial charge in [0.2, 0.25) is 0 Å². The number of carboxylic acid groups (broad SMARTS) is 1. The van der Waals surface area contributed by atoms with Gasteiger partial charge < -0.3 is 29.2 Å². The maximum atomic E-state index is 12.7. The molecule has 0 amide bonds. The number of benzene rings is 2. The van der Waals surface area contributed by atoms with E-state index in [9.17, 15) is 18.3 Å². The van der Waals surface area contributed by atoms with Gasteiger partial charge in [-0.25, -0.2) is 13.2 Å². The summed E-state index contributed by atoms with van der Waals surface area (Å²) in [6.45, 7) is 0. The second-order valence-corrected chi connectivity index (χ2v) is 8.26. The Morgan fingerprint density at radius 1 is 0.968 bits per heavy atom. The monoisotopic (exact) mass is 452 g/mol. The number of aliphatic hydroxyl groups excluding tert-OH is 1. The number of ether oxygens (including phenoxy) is 4. The van der Waals surface area contributed by atoms with Crippen LogP contribution in [0.3, 0.4) is 0 Å². The first kappa shape index (κ1) is 24.0. The standard InChI is InChI=1S/C21H24O9S/c1-27-14-10-18(29-3)15(19(11-14)30-4)7-8-31(25,26)12-13-5-6-17(28-2)16(9-13)20(22)21(23)24/h5-11,20,22H,12H2,1-4H3,(H,23,24)/b8-7+. The van der Waals surface area contributed by atoms with Gasteiger partial charge in [-0.2, -0.15) is 0 Å². The molecule has 0 heterocycles. The second-order valence-electron chi connectivity index (χ2n) is 6.37. The Kier molecular flexibility index (Phi) is 7.89. The Morgan fingerprint density at radius 2 is 1.55 bits per heavy atom. The first-order valence-electron chi connectivity index (χ1n) is 8.94. The first-order chi connectivity index (χ1) is 14.6. The van der Waals surface area contributed by atoms with Crippen molar-refractivity contribution in [3.05, 3.63) is 52.4 Å². The van der Waals surface area contributed by atoms with E-state index >= 15 is 0 Å². The first-order valence-corrected chi connectivity index (χ1v) is 10.7. The van der Waals surface area contributed by atoms with E-state index in [0.29, 0.717) is 22.8 Å². The molecule has 2 aromatic rings. The Bertz CT molecular complexity index is 1050. The number of hydrogen-bond acceptors (Lipinski definition) is 8. The normalized spacial score (nSPS) is 12.4. The van der Waals surface area contributed by atoms with Crippen LogP contribution in [0.2, 0.25) is 0 Å². The Morgan fingerprint density at radius 3 is 2.03 bits per heavy atom. The van der Waals surface area contributed by atoms with Gasteiger partial charge >= 0.3 is 5.97 Å². The van der Waals surface area contributed by atoms with Crippen LogP contribution in [-0.2, 0) is 20.4 Å². The van der Waals surface area contributed by atoms with Crippen LogP contribution in [0, 0.1) is 0 Å². The lowest BCUT2D eigenvalue weighted by atomic mass is 10.1. The van der Waals surface area contributed by atoms with Gasteiger partial charge in [-0.15, -0.1) is 0 Å².